The number of ketones is 1. The largest absolute Gasteiger partial charge is 0.464 e. The number of hydrogen-bond acceptors (Lipinski definition) is 6. The lowest BCUT2D eigenvalue weighted by Crippen LogP contribution is -2.28. The number of carbonyl (C=O) groups is 3. The topological polar surface area (TPSA) is 89.5 Å². The molecule has 94 valence electrons. The number of halogens is 1. The number of hydrogen-bond donors (Lipinski definition) is 0. The molecule has 0 bridgehead atoms. The van der Waals surface area contributed by atoms with Crippen molar-refractivity contribution in [2.75, 3.05) is 18.6 Å². The molecule has 0 aliphatic carbocycles. The molecular weight excluding hydrogens is 262 g/mol. The van der Waals surface area contributed by atoms with Gasteiger partial charge in [-0.2, -0.15) is 0 Å². The first kappa shape index (κ1) is 12.4. The number of aromatic nitrogens is 2. The molecule has 1 aliphatic heterocycles. The van der Waals surface area contributed by atoms with Gasteiger partial charge in [-0.05, 0) is 0 Å². The van der Waals surface area contributed by atoms with Gasteiger partial charge in [0.1, 0.15) is 5.15 Å². The van der Waals surface area contributed by atoms with Crippen LogP contribution in [-0.2, 0) is 14.3 Å². The van der Waals surface area contributed by atoms with Crippen LogP contribution in [0, 0.1) is 0 Å². The first-order chi connectivity index (χ1) is 8.52. The minimum absolute atomic E-state index is 0.00266. The number of rotatable bonds is 2. The van der Waals surface area contributed by atoms with Crippen LogP contribution in [-0.4, -0.2) is 41.3 Å². The molecule has 1 aromatic heterocycles. The average molecular weight is 270 g/mol. The second-order valence-electron chi connectivity index (χ2n) is 3.55. The Morgan fingerprint density at radius 3 is 2.78 bits per heavy atom. The van der Waals surface area contributed by atoms with Crippen molar-refractivity contribution in [3.63, 3.8) is 0 Å². The lowest BCUT2D eigenvalue weighted by atomic mass is 10.3. The van der Waals surface area contributed by atoms with E-state index in [1.807, 2.05) is 0 Å². The Morgan fingerprint density at radius 1 is 1.50 bits per heavy atom. The normalized spacial score (nSPS) is 15.1. The fourth-order valence-electron chi connectivity index (χ4n) is 1.57. The van der Waals surface area contributed by atoms with Crippen molar-refractivity contribution >= 4 is 35.1 Å². The van der Waals surface area contributed by atoms with E-state index >= 15 is 0 Å². The van der Waals surface area contributed by atoms with Gasteiger partial charge in [0, 0.05) is 0 Å². The molecule has 1 saturated heterocycles. The number of nitrogens with zero attached hydrogens (tertiary/aromatic N) is 3. The summed E-state index contributed by atoms with van der Waals surface area (Å²) < 4.78 is 4.53. The second-order valence-corrected chi connectivity index (χ2v) is 3.94. The molecule has 0 N–H and O–H groups in total. The molecule has 18 heavy (non-hydrogen) atoms. The van der Waals surface area contributed by atoms with E-state index in [2.05, 4.69) is 14.7 Å². The molecule has 1 aliphatic rings. The van der Waals surface area contributed by atoms with Crippen molar-refractivity contribution < 1.29 is 19.1 Å². The molecule has 1 fully saturated rings. The van der Waals surface area contributed by atoms with Crippen molar-refractivity contribution in [1.29, 1.82) is 0 Å². The Labute approximate surface area is 107 Å². The molecule has 1 aromatic rings. The summed E-state index contributed by atoms with van der Waals surface area (Å²) in [6.07, 6.45) is 0.990. The molecule has 0 aromatic carbocycles. The van der Waals surface area contributed by atoms with Crippen LogP contribution in [0.25, 0.3) is 0 Å². The van der Waals surface area contributed by atoms with Crippen LogP contribution in [0.3, 0.4) is 0 Å². The number of amides is 1. The molecule has 0 unspecified atom stereocenters. The predicted molar refractivity (Wildman–Crippen MR) is 60.4 cm³/mol. The number of esters is 1. The molecule has 8 heteroatoms. The van der Waals surface area contributed by atoms with Crippen molar-refractivity contribution in [2.24, 2.45) is 0 Å². The third kappa shape index (κ3) is 2.17. The number of methoxy groups -OCH3 is 1. The Kier molecular flexibility index (Phi) is 3.24. The zero-order chi connectivity index (χ0) is 13.3. The molecular formula is C10H8ClN3O4. The van der Waals surface area contributed by atoms with Crippen molar-refractivity contribution in [1.82, 2.24) is 9.97 Å². The maximum Gasteiger partial charge on any atom is 0.360 e. The third-order valence-corrected chi connectivity index (χ3v) is 2.52. The van der Waals surface area contributed by atoms with Crippen LogP contribution in [0.4, 0.5) is 5.82 Å². The maximum absolute atomic E-state index is 11.6. The molecule has 1 amide bonds. The monoisotopic (exact) mass is 269 g/mol. The lowest BCUT2D eigenvalue weighted by molar-refractivity contribution is -0.121. The Morgan fingerprint density at radius 2 is 2.22 bits per heavy atom. The summed E-state index contributed by atoms with van der Waals surface area (Å²) in [6.45, 7) is -0.126. The summed E-state index contributed by atoms with van der Waals surface area (Å²) in [5.74, 6) is -1.46. The van der Waals surface area contributed by atoms with E-state index in [0.717, 1.165) is 4.90 Å². The van der Waals surface area contributed by atoms with Crippen molar-refractivity contribution in [3.05, 3.63) is 17.0 Å². The zero-order valence-electron chi connectivity index (χ0n) is 9.34. The molecule has 2 rings (SSSR count). The van der Waals surface area contributed by atoms with Gasteiger partial charge < -0.3 is 4.74 Å². The molecule has 0 radical (unpaired) electrons. The summed E-state index contributed by atoms with van der Waals surface area (Å²) in [4.78, 5) is 43.1. The average Bonchev–Trinajstić information content (AvgIpc) is 2.67. The minimum atomic E-state index is -0.771. The van der Waals surface area contributed by atoms with Gasteiger partial charge in [-0.3, -0.25) is 14.5 Å². The maximum atomic E-state index is 11.6. The fourth-order valence-corrected chi connectivity index (χ4v) is 1.70. The van der Waals surface area contributed by atoms with E-state index < -0.39 is 11.9 Å². The summed E-state index contributed by atoms with van der Waals surface area (Å²) in [5, 5.41) is -0.00266. The summed E-state index contributed by atoms with van der Waals surface area (Å²) in [7, 11) is 1.17. The number of anilines is 1. The van der Waals surface area contributed by atoms with Crippen LogP contribution in [0.5, 0.6) is 0 Å². The Hall–Kier alpha value is -2.02. The SMILES string of the molecule is COC(=O)c1nc(Cl)cnc1N1CC(=O)CC1=O. The number of Topliss-reactive ketones (excluding diaryl/α,β-unsaturated/α-hetero) is 1. The summed E-state index contributed by atoms with van der Waals surface area (Å²) in [6, 6.07) is 0. The van der Waals surface area contributed by atoms with Crippen LogP contribution in [0.15, 0.2) is 6.20 Å². The predicted octanol–water partition coefficient (Wildman–Crippen LogP) is 0.222. The smallest absolute Gasteiger partial charge is 0.360 e. The van der Waals surface area contributed by atoms with E-state index in [4.69, 9.17) is 11.6 Å². The van der Waals surface area contributed by atoms with E-state index in [0.29, 0.717) is 0 Å². The van der Waals surface area contributed by atoms with E-state index in [-0.39, 0.29) is 35.4 Å². The Balaban J connectivity index is 2.47. The van der Waals surface area contributed by atoms with Gasteiger partial charge in [0.2, 0.25) is 5.91 Å². The number of ether oxygens (including phenoxy) is 1. The number of carbonyl (C=O) groups excluding carboxylic acids is 3. The highest BCUT2D eigenvalue weighted by Crippen LogP contribution is 2.22. The first-order valence-electron chi connectivity index (χ1n) is 4.96. The van der Waals surface area contributed by atoms with E-state index in [1.54, 1.807) is 0 Å². The highest BCUT2D eigenvalue weighted by molar-refractivity contribution is 6.29. The van der Waals surface area contributed by atoms with Crippen molar-refractivity contribution in [3.8, 4) is 0 Å². The van der Waals surface area contributed by atoms with Crippen LogP contribution in [0.1, 0.15) is 16.9 Å². The summed E-state index contributed by atoms with van der Waals surface area (Å²) in [5.41, 5.74) is -0.187. The second kappa shape index (κ2) is 4.69. The van der Waals surface area contributed by atoms with Crippen LogP contribution in [0.2, 0.25) is 5.15 Å². The van der Waals surface area contributed by atoms with Gasteiger partial charge in [0.15, 0.2) is 17.3 Å². The molecule has 7 nitrogen and oxygen atoms in total. The Bertz CT molecular complexity index is 546. The minimum Gasteiger partial charge on any atom is -0.464 e. The molecule has 0 saturated carbocycles. The van der Waals surface area contributed by atoms with Gasteiger partial charge in [-0.15, -0.1) is 0 Å². The van der Waals surface area contributed by atoms with Crippen molar-refractivity contribution in [2.45, 2.75) is 6.42 Å². The highest BCUT2D eigenvalue weighted by Gasteiger charge is 2.33. The van der Waals surface area contributed by atoms with Gasteiger partial charge in [-0.25, -0.2) is 14.8 Å². The molecule has 2 heterocycles. The van der Waals surface area contributed by atoms with Crippen LogP contribution < -0.4 is 4.90 Å². The van der Waals surface area contributed by atoms with Crippen LogP contribution >= 0.6 is 11.6 Å². The zero-order valence-corrected chi connectivity index (χ0v) is 10.1. The standard InChI is InChI=1S/C10H8ClN3O4/c1-18-10(17)8-9(12-3-6(11)13-8)14-4-5(15)2-7(14)16/h3H,2,4H2,1H3. The van der Waals surface area contributed by atoms with Gasteiger partial charge in [-0.1, -0.05) is 11.6 Å². The van der Waals surface area contributed by atoms with Gasteiger partial charge in [0.25, 0.3) is 0 Å². The third-order valence-electron chi connectivity index (χ3n) is 2.34. The molecule has 0 atom stereocenters. The van der Waals surface area contributed by atoms with E-state index in [9.17, 15) is 14.4 Å². The van der Waals surface area contributed by atoms with Gasteiger partial charge >= 0.3 is 5.97 Å². The first-order valence-corrected chi connectivity index (χ1v) is 5.33. The van der Waals surface area contributed by atoms with E-state index in [1.165, 1.54) is 13.3 Å². The molecule has 0 spiro atoms. The highest BCUT2D eigenvalue weighted by atomic mass is 35.5. The van der Waals surface area contributed by atoms with Gasteiger partial charge in [0.05, 0.1) is 26.3 Å². The quantitative estimate of drug-likeness (QED) is 0.564. The summed E-state index contributed by atoms with van der Waals surface area (Å²) >= 11 is 5.64. The fraction of sp³-hybridized carbons (Fsp3) is 0.300. The lowest BCUT2D eigenvalue weighted by Gasteiger charge is -2.15.